The van der Waals surface area contributed by atoms with Crippen molar-refractivity contribution in [3.05, 3.63) is 0 Å². The van der Waals surface area contributed by atoms with Crippen molar-refractivity contribution < 1.29 is 9.59 Å². The highest BCUT2D eigenvalue weighted by Crippen LogP contribution is 2.08. The molecule has 62 valence electrons. The summed E-state index contributed by atoms with van der Waals surface area (Å²) in [5.74, 6) is -0.235. The third-order valence-electron chi connectivity index (χ3n) is 2.01. The van der Waals surface area contributed by atoms with Crippen LogP contribution < -0.4 is 0 Å². The van der Waals surface area contributed by atoms with Crippen LogP contribution in [0.15, 0.2) is 0 Å². The first kappa shape index (κ1) is 10.4. The number of rotatable bonds is 5. The maximum Gasteiger partial charge on any atom is 0.205 e. The Labute approximate surface area is 68.6 Å². The first-order chi connectivity index (χ1) is 5.13. The van der Waals surface area contributed by atoms with Gasteiger partial charge in [0.15, 0.2) is 0 Å². The van der Waals surface area contributed by atoms with Crippen LogP contribution >= 0.6 is 0 Å². The lowest BCUT2D eigenvalue weighted by Gasteiger charge is -2.11. The van der Waals surface area contributed by atoms with E-state index in [9.17, 15) is 9.59 Å². The summed E-state index contributed by atoms with van der Waals surface area (Å²) >= 11 is 0. The van der Waals surface area contributed by atoms with E-state index in [4.69, 9.17) is 0 Å². The van der Waals surface area contributed by atoms with Crippen molar-refractivity contribution in [1.29, 1.82) is 0 Å². The molecule has 0 saturated heterocycles. The zero-order valence-corrected chi connectivity index (χ0v) is 7.46. The molecule has 0 aliphatic carbocycles. The molecule has 3 heteroatoms. The quantitative estimate of drug-likeness (QED) is 0.434. The Morgan fingerprint density at radius 1 is 1.55 bits per heavy atom. The van der Waals surface area contributed by atoms with Gasteiger partial charge in [0.1, 0.15) is 6.29 Å². The zero-order chi connectivity index (χ0) is 8.85. The molecule has 0 aromatic heterocycles. The number of aldehydes is 1. The minimum absolute atomic E-state index is 0.104. The lowest BCUT2D eigenvalue weighted by atomic mass is 9.64. The van der Waals surface area contributed by atoms with Gasteiger partial charge in [0.2, 0.25) is 7.28 Å². The molecule has 0 fully saturated rings. The summed E-state index contributed by atoms with van der Waals surface area (Å²) in [5.41, 5.74) is 0.201. The van der Waals surface area contributed by atoms with Crippen LogP contribution in [-0.2, 0) is 9.59 Å². The molecule has 0 aliphatic rings. The van der Waals surface area contributed by atoms with Crippen molar-refractivity contribution in [2.45, 2.75) is 27.1 Å². The third kappa shape index (κ3) is 3.35. The second-order valence-corrected chi connectivity index (χ2v) is 3.00. The minimum Gasteiger partial charge on any atom is -0.311 e. The molecule has 0 amide bonds. The average Bonchev–Trinajstić information content (AvgIpc) is 2.02. The molecule has 0 aromatic carbocycles. The van der Waals surface area contributed by atoms with E-state index in [1.807, 2.05) is 13.8 Å². The van der Waals surface area contributed by atoms with E-state index in [-0.39, 0.29) is 17.5 Å². The molecule has 0 aliphatic heterocycles. The standard InChI is InChI=1S/C8H15BO2/c1-4-9-8(11)7(3)6(2)5-10/h5-7,9H,4H2,1-3H3/t6-,7?/m1/s1. The van der Waals surface area contributed by atoms with Gasteiger partial charge >= 0.3 is 0 Å². The van der Waals surface area contributed by atoms with E-state index >= 15 is 0 Å². The lowest BCUT2D eigenvalue weighted by Crippen LogP contribution is -2.24. The van der Waals surface area contributed by atoms with Crippen LogP contribution in [0, 0.1) is 11.8 Å². The van der Waals surface area contributed by atoms with Gasteiger partial charge in [-0.05, 0) is 0 Å². The monoisotopic (exact) mass is 154 g/mol. The zero-order valence-electron chi connectivity index (χ0n) is 7.46. The highest BCUT2D eigenvalue weighted by Gasteiger charge is 2.18. The molecule has 11 heavy (non-hydrogen) atoms. The molecular weight excluding hydrogens is 139 g/mol. The van der Waals surface area contributed by atoms with Gasteiger partial charge in [-0.25, -0.2) is 0 Å². The normalized spacial score (nSPS) is 15.2. The second kappa shape index (κ2) is 5.11. The molecular formula is C8H15BO2. The molecule has 0 aromatic rings. The number of hydrogen-bond acceptors (Lipinski definition) is 2. The van der Waals surface area contributed by atoms with E-state index in [2.05, 4.69) is 0 Å². The van der Waals surface area contributed by atoms with Crippen molar-refractivity contribution in [3.8, 4) is 0 Å². The maximum absolute atomic E-state index is 11.2. The maximum atomic E-state index is 11.2. The molecule has 0 saturated carbocycles. The Morgan fingerprint density at radius 3 is 2.45 bits per heavy atom. The van der Waals surface area contributed by atoms with E-state index in [0.29, 0.717) is 7.28 Å². The fourth-order valence-corrected chi connectivity index (χ4v) is 0.885. The molecule has 2 nitrogen and oxygen atoms in total. The van der Waals surface area contributed by atoms with Crippen LogP contribution in [0.5, 0.6) is 0 Å². The van der Waals surface area contributed by atoms with E-state index in [0.717, 1.165) is 12.6 Å². The molecule has 0 bridgehead atoms. The summed E-state index contributed by atoms with van der Waals surface area (Å²) < 4.78 is 0. The van der Waals surface area contributed by atoms with Crippen LogP contribution in [0.1, 0.15) is 20.8 Å². The van der Waals surface area contributed by atoms with Gasteiger partial charge in [-0.15, -0.1) is 0 Å². The van der Waals surface area contributed by atoms with Gasteiger partial charge in [-0.1, -0.05) is 27.1 Å². The van der Waals surface area contributed by atoms with Gasteiger partial charge in [0, 0.05) is 11.8 Å². The molecule has 0 spiro atoms. The largest absolute Gasteiger partial charge is 0.311 e. The predicted octanol–water partition coefficient (Wildman–Crippen LogP) is 0.859. The summed E-state index contributed by atoms with van der Waals surface area (Å²) in [6.45, 7) is 5.57. The van der Waals surface area contributed by atoms with Crippen molar-refractivity contribution in [3.63, 3.8) is 0 Å². The second-order valence-electron chi connectivity index (χ2n) is 3.00. The van der Waals surface area contributed by atoms with Gasteiger partial charge in [0.05, 0.1) is 5.68 Å². The van der Waals surface area contributed by atoms with E-state index in [1.165, 1.54) is 0 Å². The SMILES string of the molecule is CCBC(=O)C(C)[C@H](C)C=O. The predicted molar refractivity (Wildman–Crippen MR) is 47.0 cm³/mol. The fourth-order valence-electron chi connectivity index (χ4n) is 0.885. The molecule has 1 unspecified atom stereocenters. The van der Waals surface area contributed by atoms with Gasteiger partial charge in [-0.2, -0.15) is 0 Å². The highest BCUT2D eigenvalue weighted by molar-refractivity contribution is 6.74. The summed E-state index contributed by atoms with van der Waals surface area (Å²) in [6, 6.07) is 0. The first-order valence-corrected chi connectivity index (χ1v) is 4.11. The molecule has 0 N–H and O–H groups in total. The van der Waals surface area contributed by atoms with Gasteiger partial charge < -0.3 is 9.59 Å². The topological polar surface area (TPSA) is 34.1 Å². The minimum atomic E-state index is -0.131. The van der Waals surface area contributed by atoms with Crippen molar-refractivity contribution in [1.82, 2.24) is 0 Å². The number of hydrogen-bond donors (Lipinski definition) is 0. The molecule has 0 heterocycles. The van der Waals surface area contributed by atoms with Gasteiger partial charge in [0.25, 0.3) is 0 Å². The summed E-state index contributed by atoms with van der Waals surface area (Å²) in [6.07, 6.45) is 1.72. The Balaban J connectivity index is 3.90. The summed E-state index contributed by atoms with van der Waals surface area (Å²) in [5, 5.41) is 0. The van der Waals surface area contributed by atoms with Crippen LogP contribution in [0.3, 0.4) is 0 Å². The number of carbonyl (C=O) groups is 2. The van der Waals surface area contributed by atoms with Crippen LogP contribution in [0.4, 0.5) is 0 Å². The highest BCUT2D eigenvalue weighted by atomic mass is 16.1. The van der Waals surface area contributed by atoms with E-state index in [1.54, 1.807) is 6.92 Å². The fraction of sp³-hybridized carbons (Fsp3) is 0.750. The summed E-state index contributed by atoms with van der Waals surface area (Å²) in [4.78, 5) is 21.5. The molecule has 0 radical (unpaired) electrons. The van der Waals surface area contributed by atoms with Gasteiger partial charge in [-0.3, -0.25) is 0 Å². The average molecular weight is 154 g/mol. The lowest BCUT2D eigenvalue weighted by molar-refractivity contribution is -0.121. The Hall–Kier alpha value is -0.595. The van der Waals surface area contributed by atoms with Crippen LogP contribution in [0.25, 0.3) is 0 Å². The summed E-state index contributed by atoms with van der Waals surface area (Å²) in [7, 11) is 0.597. The smallest absolute Gasteiger partial charge is 0.205 e. The Kier molecular flexibility index (Phi) is 4.83. The van der Waals surface area contributed by atoms with Crippen molar-refractivity contribution in [2.75, 3.05) is 0 Å². The molecule has 0 rings (SSSR count). The van der Waals surface area contributed by atoms with E-state index < -0.39 is 0 Å². The van der Waals surface area contributed by atoms with Crippen LogP contribution in [0.2, 0.25) is 6.32 Å². The number of carbonyl (C=O) groups excluding carboxylic acids is 2. The van der Waals surface area contributed by atoms with Crippen LogP contribution in [-0.4, -0.2) is 19.2 Å². The molecule has 2 atom stereocenters. The third-order valence-corrected chi connectivity index (χ3v) is 2.01. The van der Waals surface area contributed by atoms with Crippen molar-refractivity contribution >= 4 is 19.2 Å². The Bertz CT molecular complexity index is 145. The van der Waals surface area contributed by atoms with Crippen molar-refractivity contribution in [2.24, 2.45) is 11.8 Å². The first-order valence-electron chi connectivity index (χ1n) is 4.11. The Morgan fingerprint density at radius 2 is 2.09 bits per heavy atom.